The third kappa shape index (κ3) is 3.42. The largest absolute Gasteiger partial charge is 0.464 e. The van der Waals surface area contributed by atoms with Gasteiger partial charge in [0.15, 0.2) is 5.69 Å². The van der Waals surface area contributed by atoms with Gasteiger partial charge < -0.3 is 9.47 Å². The predicted octanol–water partition coefficient (Wildman–Crippen LogP) is 3.47. The molecular formula is C12H8BrClN2O3. The van der Waals surface area contributed by atoms with E-state index < -0.39 is 5.97 Å². The van der Waals surface area contributed by atoms with Crippen LogP contribution in [0.2, 0.25) is 5.02 Å². The third-order valence-corrected chi connectivity index (χ3v) is 2.92. The van der Waals surface area contributed by atoms with Gasteiger partial charge in [-0.1, -0.05) is 27.5 Å². The molecule has 1 heterocycles. The molecule has 0 saturated carbocycles. The zero-order valence-corrected chi connectivity index (χ0v) is 12.1. The lowest BCUT2D eigenvalue weighted by Crippen LogP contribution is -2.04. The molecule has 0 unspecified atom stereocenters. The minimum absolute atomic E-state index is 0.108. The number of benzene rings is 1. The standard InChI is InChI=1S/C12H8BrClN2O3/c1-18-12(17)9-5-16-11(6-15-9)19-10-3-2-7(13)4-8(10)14/h2-6H,1H3. The number of carbonyl (C=O) groups excluding carboxylic acids is 1. The summed E-state index contributed by atoms with van der Waals surface area (Å²) >= 11 is 9.30. The highest BCUT2D eigenvalue weighted by Gasteiger charge is 2.09. The fourth-order valence-electron chi connectivity index (χ4n) is 1.25. The molecule has 5 nitrogen and oxygen atoms in total. The summed E-state index contributed by atoms with van der Waals surface area (Å²) in [5, 5.41) is 0.438. The fraction of sp³-hybridized carbons (Fsp3) is 0.0833. The van der Waals surface area contributed by atoms with E-state index in [4.69, 9.17) is 16.3 Å². The van der Waals surface area contributed by atoms with Gasteiger partial charge in [0.05, 0.1) is 24.5 Å². The molecule has 2 aromatic rings. The van der Waals surface area contributed by atoms with Crippen LogP contribution in [0.3, 0.4) is 0 Å². The van der Waals surface area contributed by atoms with Crippen LogP contribution in [0.5, 0.6) is 11.6 Å². The van der Waals surface area contributed by atoms with Crippen molar-refractivity contribution in [2.45, 2.75) is 0 Å². The first-order chi connectivity index (χ1) is 9.10. The molecule has 7 heteroatoms. The Morgan fingerprint density at radius 3 is 2.68 bits per heavy atom. The number of nitrogens with zero attached hydrogens (tertiary/aromatic N) is 2. The molecule has 0 radical (unpaired) electrons. The summed E-state index contributed by atoms with van der Waals surface area (Å²) in [5.74, 6) is 0.127. The molecule has 0 aliphatic carbocycles. The first kappa shape index (κ1) is 13.8. The Balaban J connectivity index is 2.17. The van der Waals surface area contributed by atoms with Crippen molar-refractivity contribution in [3.63, 3.8) is 0 Å². The average Bonchev–Trinajstić information content (AvgIpc) is 2.42. The highest BCUT2D eigenvalue weighted by atomic mass is 79.9. The molecule has 0 saturated heterocycles. The topological polar surface area (TPSA) is 61.3 Å². The highest BCUT2D eigenvalue weighted by molar-refractivity contribution is 9.10. The van der Waals surface area contributed by atoms with Gasteiger partial charge >= 0.3 is 5.97 Å². The Bertz CT molecular complexity index is 604. The summed E-state index contributed by atoms with van der Waals surface area (Å²) in [6.07, 6.45) is 2.60. The lowest BCUT2D eigenvalue weighted by atomic mass is 10.3. The summed E-state index contributed by atoms with van der Waals surface area (Å²) in [4.78, 5) is 19.0. The molecule has 1 aromatic carbocycles. The van der Waals surface area contributed by atoms with E-state index in [9.17, 15) is 4.79 Å². The molecular weight excluding hydrogens is 336 g/mol. The number of aromatic nitrogens is 2. The molecule has 0 aliphatic rings. The molecule has 0 N–H and O–H groups in total. The maximum atomic E-state index is 11.2. The van der Waals surface area contributed by atoms with Crippen molar-refractivity contribution in [1.82, 2.24) is 9.97 Å². The van der Waals surface area contributed by atoms with E-state index in [1.165, 1.54) is 19.5 Å². The number of methoxy groups -OCH3 is 1. The molecule has 0 amide bonds. The number of carbonyl (C=O) groups is 1. The highest BCUT2D eigenvalue weighted by Crippen LogP contribution is 2.30. The maximum absolute atomic E-state index is 11.2. The van der Waals surface area contributed by atoms with Crippen molar-refractivity contribution in [3.8, 4) is 11.6 Å². The van der Waals surface area contributed by atoms with Crippen LogP contribution in [0.4, 0.5) is 0 Å². The summed E-state index contributed by atoms with van der Waals surface area (Å²) in [6.45, 7) is 0. The van der Waals surface area contributed by atoms with E-state index in [1.807, 2.05) is 0 Å². The Morgan fingerprint density at radius 1 is 1.32 bits per heavy atom. The second kappa shape index (κ2) is 5.99. The lowest BCUT2D eigenvalue weighted by molar-refractivity contribution is 0.0593. The van der Waals surface area contributed by atoms with Gasteiger partial charge in [0, 0.05) is 4.47 Å². The van der Waals surface area contributed by atoms with Gasteiger partial charge in [-0.2, -0.15) is 0 Å². The minimum Gasteiger partial charge on any atom is -0.464 e. The van der Waals surface area contributed by atoms with Gasteiger partial charge in [-0.3, -0.25) is 0 Å². The van der Waals surface area contributed by atoms with Crippen LogP contribution in [-0.2, 0) is 4.74 Å². The average molecular weight is 344 g/mol. The first-order valence-corrected chi connectivity index (χ1v) is 6.30. The van der Waals surface area contributed by atoms with Crippen LogP contribution < -0.4 is 4.74 Å². The van der Waals surface area contributed by atoms with E-state index in [2.05, 4.69) is 30.6 Å². The fourth-order valence-corrected chi connectivity index (χ4v) is 1.96. The van der Waals surface area contributed by atoms with Crippen molar-refractivity contribution < 1.29 is 14.3 Å². The first-order valence-electron chi connectivity index (χ1n) is 5.13. The molecule has 19 heavy (non-hydrogen) atoms. The van der Waals surface area contributed by atoms with Crippen molar-refractivity contribution in [2.75, 3.05) is 7.11 Å². The number of halogens is 2. The predicted molar refractivity (Wildman–Crippen MR) is 72.6 cm³/mol. The molecule has 0 bridgehead atoms. The number of hydrogen-bond donors (Lipinski definition) is 0. The quantitative estimate of drug-likeness (QED) is 0.799. The zero-order chi connectivity index (χ0) is 13.8. The second-order valence-corrected chi connectivity index (χ2v) is 4.73. The van der Waals surface area contributed by atoms with E-state index in [1.54, 1.807) is 18.2 Å². The van der Waals surface area contributed by atoms with Gasteiger partial charge in [-0.15, -0.1) is 0 Å². The molecule has 98 valence electrons. The third-order valence-electron chi connectivity index (χ3n) is 2.13. The van der Waals surface area contributed by atoms with Gasteiger partial charge in [-0.25, -0.2) is 14.8 Å². The summed E-state index contributed by atoms with van der Waals surface area (Å²) in [6, 6.07) is 5.19. The van der Waals surface area contributed by atoms with Gasteiger partial charge in [0.2, 0.25) is 5.88 Å². The van der Waals surface area contributed by atoms with Gasteiger partial charge in [0.25, 0.3) is 0 Å². The second-order valence-electron chi connectivity index (χ2n) is 3.41. The Labute approximate surface area is 122 Å². The maximum Gasteiger partial charge on any atom is 0.358 e. The van der Waals surface area contributed by atoms with Crippen molar-refractivity contribution in [2.24, 2.45) is 0 Å². The number of ether oxygens (including phenoxy) is 2. The van der Waals surface area contributed by atoms with Crippen molar-refractivity contribution in [1.29, 1.82) is 0 Å². The Hall–Kier alpha value is -1.66. The molecule has 2 rings (SSSR count). The number of rotatable bonds is 3. The molecule has 0 spiro atoms. The van der Waals surface area contributed by atoms with E-state index >= 15 is 0 Å². The molecule has 1 aromatic heterocycles. The summed E-state index contributed by atoms with van der Waals surface area (Å²) in [7, 11) is 1.27. The van der Waals surface area contributed by atoms with E-state index in [0.717, 1.165) is 4.47 Å². The van der Waals surface area contributed by atoms with Crippen molar-refractivity contribution in [3.05, 3.63) is 45.8 Å². The monoisotopic (exact) mass is 342 g/mol. The normalized spacial score (nSPS) is 10.1. The van der Waals surface area contributed by atoms with Crippen LogP contribution in [0.1, 0.15) is 10.5 Å². The molecule has 0 atom stereocenters. The summed E-state index contributed by atoms with van der Waals surface area (Å²) in [5.41, 5.74) is 0.108. The van der Waals surface area contributed by atoms with Crippen LogP contribution in [-0.4, -0.2) is 23.0 Å². The van der Waals surface area contributed by atoms with Crippen LogP contribution in [0.25, 0.3) is 0 Å². The smallest absolute Gasteiger partial charge is 0.358 e. The van der Waals surface area contributed by atoms with Crippen LogP contribution in [0.15, 0.2) is 35.1 Å². The number of esters is 1. The van der Waals surface area contributed by atoms with E-state index in [-0.39, 0.29) is 11.6 Å². The molecule has 0 fully saturated rings. The number of hydrogen-bond acceptors (Lipinski definition) is 5. The zero-order valence-electron chi connectivity index (χ0n) is 9.76. The Kier molecular flexibility index (Phi) is 4.34. The van der Waals surface area contributed by atoms with Gasteiger partial charge in [-0.05, 0) is 18.2 Å². The van der Waals surface area contributed by atoms with E-state index in [0.29, 0.717) is 10.8 Å². The summed E-state index contributed by atoms with van der Waals surface area (Å²) < 4.78 is 10.8. The SMILES string of the molecule is COC(=O)c1cnc(Oc2ccc(Br)cc2Cl)cn1. The minimum atomic E-state index is -0.555. The van der Waals surface area contributed by atoms with Crippen molar-refractivity contribution >= 4 is 33.5 Å². The van der Waals surface area contributed by atoms with Gasteiger partial charge in [0.1, 0.15) is 5.75 Å². The van der Waals surface area contributed by atoms with Crippen LogP contribution >= 0.6 is 27.5 Å². The molecule has 0 aliphatic heterocycles. The lowest BCUT2D eigenvalue weighted by Gasteiger charge is -2.06. The Morgan fingerprint density at radius 2 is 2.11 bits per heavy atom. The van der Waals surface area contributed by atoms with Crippen LogP contribution in [0, 0.1) is 0 Å².